The number of aromatic nitrogens is 1. The number of nitrogens with one attached hydrogen (secondary N) is 1. The van der Waals surface area contributed by atoms with Gasteiger partial charge in [-0.15, -0.1) is 11.3 Å². The second kappa shape index (κ2) is 5.85. The summed E-state index contributed by atoms with van der Waals surface area (Å²) in [6.07, 6.45) is 2.00. The lowest BCUT2D eigenvalue weighted by Crippen LogP contribution is -2.12. The van der Waals surface area contributed by atoms with Crippen LogP contribution in [0.25, 0.3) is 11.3 Å². The van der Waals surface area contributed by atoms with Crippen LogP contribution in [0.3, 0.4) is 0 Å². The fourth-order valence-electron chi connectivity index (χ4n) is 2.15. The molecule has 5 heteroatoms. The number of ether oxygens (including phenoxy) is 1. The zero-order chi connectivity index (χ0) is 14.8. The normalized spacial score (nSPS) is 14.0. The van der Waals surface area contributed by atoms with Crippen LogP contribution in [0.15, 0.2) is 24.3 Å². The summed E-state index contributed by atoms with van der Waals surface area (Å²) in [6.45, 7) is 4.65. The molecule has 110 valence electrons. The van der Waals surface area contributed by atoms with Crippen LogP contribution in [0.1, 0.15) is 24.6 Å². The number of anilines is 1. The Hall–Kier alpha value is -1.88. The number of hydrogen-bond donors (Lipinski definition) is 1. The van der Waals surface area contributed by atoms with Crippen molar-refractivity contribution in [2.45, 2.75) is 26.7 Å². The summed E-state index contributed by atoms with van der Waals surface area (Å²) in [4.78, 5) is 17.4. The molecule has 0 bridgehead atoms. The van der Waals surface area contributed by atoms with Crippen molar-refractivity contribution in [2.75, 3.05) is 11.9 Å². The van der Waals surface area contributed by atoms with E-state index in [2.05, 4.69) is 10.3 Å². The van der Waals surface area contributed by atoms with Crippen LogP contribution >= 0.6 is 11.3 Å². The molecule has 0 unspecified atom stereocenters. The van der Waals surface area contributed by atoms with Crippen LogP contribution in [-0.2, 0) is 4.79 Å². The lowest BCUT2D eigenvalue weighted by atomic mass is 10.1. The molecule has 4 nitrogen and oxygen atoms in total. The minimum atomic E-state index is 0.0991. The summed E-state index contributed by atoms with van der Waals surface area (Å²) < 4.78 is 5.44. The molecule has 1 aliphatic carbocycles. The zero-order valence-electron chi connectivity index (χ0n) is 12.2. The first-order valence-corrected chi connectivity index (χ1v) is 8.00. The molecule has 0 radical (unpaired) electrons. The van der Waals surface area contributed by atoms with E-state index in [4.69, 9.17) is 4.74 Å². The van der Waals surface area contributed by atoms with Gasteiger partial charge in [0, 0.05) is 16.4 Å². The molecule has 1 fully saturated rings. The van der Waals surface area contributed by atoms with Crippen molar-refractivity contribution in [3.63, 3.8) is 0 Å². The van der Waals surface area contributed by atoms with E-state index in [1.165, 1.54) is 11.3 Å². The topological polar surface area (TPSA) is 51.2 Å². The van der Waals surface area contributed by atoms with Gasteiger partial charge in [0.2, 0.25) is 5.91 Å². The number of benzene rings is 1. The van der Waals surface area contributed by atoms with Crippen LogP contribution in [0.4, 0.5) is 5.13 Å². The second-order valence-corrected chi connectivity index (χ2v) is 6.35. The number of carbonyl (C=O) groups excluding carboxylic acids is 1. The monoisotopic (exact) mass is 302 g/mol. The fourth-order valence-corrected chi connectivity index (χ4v) is 2.99. The Morgan fingerprint density at radius 1 is 1.38 bits per heavy atom. The summed E-state index contributed by atoms with van der Waals surface area (Å²) in [7, 11) is 0. The van der Waals surface area contributed by atoms with Crippen molar-refractivity contribution in [3.05, 3.63) is 29.1 Å². The Morgan fingerprint density at radius 3 is 2.71 bits per heavy atom. The van der Waals surface area contributed by atoms with Crippen LogP contribution in [0.2, 0.25) is 0 Å². The summed E-state index contributed by atoms with van der Waals surface area (Å²) in [5, 5.41) is 3.60. The summed E-state index contributed by atoms with van der Waals surface area (Å²) in [5.41, 5.74) is 1.97. The van der Waals surface area contributed by atoms with Gasteiger partial charge in [-0.05, 0) is 51.0 Å². The highest BCUT2D eigenvalue weighted by Crippen LogP contribution is 2.34. The molecule has 1 aliphatic rings. The minimum Gasteiger partial charge on any atom is -0.494 e. The van der Waals surface area contributed by atoms with Gasteiger partial charge in [0.25, 0.3) is 0 Å². The molecule has 0 aliphatic heterocycles. The third kappa shape index (κ3) is 3.24. The molecule has 1 saturated carbocycles. The van der Waals surface area contributed by atoms with E-state index in [1.807, 2.05) is 38.1 Å². The predicted octanol–water partition coefficient (Wildman–Crippen LogP) is 3.87. The highest BCUT2D eigenvalue weighted by atomic mass is 32.1. The molecule has 21 heavy (non-hydrogen) atoms. The maximum Gasteiger partial charge on any atom is 0.229 e. The van der Waals surface area contributed by atoms with Crippen molar-refractivity contribution >= 4 is 22.4 Å². The standard InChI is InChI=1S/C16H18N2O2S/c1-3-20-13-8-6-11(7-9-13)14-10(2)21-16(17-14)18-15(19)12-4-5-12/h6-9,12H,3-5H2,1-2H3,(H,17,18,19). The molecule has 0 atom stereocenters. The van der Waals surface area contributed by atoms with E-state index >= 15 is 0 Å². The Balaban J connectivity index is 1.78. The number of rotatable bonds is 5. The maximum atomic E-state index is 11.8. The molecule has 2 aromatic rings. The molecule has 0 spiro atoms. The first kappa shape index (κ1) is 14.1. The smallest absolute Gasteiger partial charge is 0.229 e. The molecule has 0 saturated heterocycles. The van der Waals surface area contributed by atoms with E-state index in [1.54, 1.807) is 0 Å². The van der Waals surface area contributed by atoms with E-state index in [0.29, 0.717) is 11.7 Å². The van der Waals surface area contributed by atoms with E-state index in [9.17, 15) is 4.79 Å². The van der Waals surface area contributed by atoms with Gasteiger partial charge in [0.15, 0.2) is 5.13 Å². The van der Waals surface area contributed by atoms with Crippen molar-refractivity contribution in [1.29, 1.82) is 0 Å². The van der Waals surface area contributed by atoms with Crippen molar-refractivity contribution in [2.24, 2.45) is 5.92 Å². The van der Waals surface area contributed by atoms with Gasteiger partial charge < -0.3 is 10.1 Å². The van der Waals surface area contributed by atoms with Gasteiger partial charge in [-0.25, -0.2) is 4.98 Å². The summed E-state index contributed by atoms with van der Waals surface area (Å²) in [6, 6.07) is 7.89. The third-order valence-corrected chi connectivity index (χ3v) is 4.30. The number of nitrogens with zero attached hydrogens (tertiary/aromatic N) is 1. The number of thiazole rings is 1. The molecular formula is C16H18N2O2S. The maximum absolute atomic E-state index is 11.8. The van der Waals surface area contributed by atoms with Crippen LogP contribution in [0.5, 0.6) is 5.75 Å². The van der Waals surface area contributed by atoms with Gasteiger partial charge in [0.1, 0.15) is 5.75 Å². The SMILES string of the molecule is CCOc1ccc(-c2nc(NC(=O)C3CC3)sc2C)cc1. The molecule has 1 amide bonds. The lowest BCUT2D eigenvalue weighted by molar-refractivity contribution is -0.117. The van der Waals surface area contributed by atoms with Crippen LogP contribution in [0, 0.1) is 12.8 Å². The molecule has 1 heterocycles. The number of carbonyl (C=O) groups is 1. The Kier molecular flexibility index (Phi) is 3.92. The highest BCUT2D eigenvalue weighted by Gasteiger charge is 2.30. The highest BCUT2D eigenvalue weighted by molar-refractivity contribution is 7.16. The van der Waals surface area contributed by atoms with Gasteiger partial charge in [-0.3, -0.25) is 4.79 Å². The Bertz CT molecular complexity index is 645. The predicted molar refractivity (Wildman–Crippen MR) is 84.8 cm³/mol. The summed E-state index contributed by atoms with van der Waals surface area (Å²) >= 11 is 1.52. The van der Waals surface area contributed by atoms with Crippen molar-refractivity contribution in [1.82, 2.24) is 4.98 Å². The molecule has 1 N–H and O–H groups in total. The molecular weight excluding hydrogens is 284 g/mol. The zero-order valence-corrected chi connectivity index (χ0v) is 13.0. The number of hydrogen-bond acceptors (Lipinski definition) is 4. The number of aryl methyl sites for hydroxylation is 1. The Morgan fingerprint density at radius 2 is 2.10 bits per heavy atom. The van der Waals surface area contributed by atoms with Gasteiger partial charge >= 0.3 is 0 Å². The first-order valence-electron chi connectivity index (χ1n) is 7.19. The Labute approximate surface area is 128 Å². The second-order valence-electron chi connectivity index (χ2n) is 5.14. The van der Waals surface area contributed by atoms with Gasteiger partial charge in [-0.2, -0.15) is 0 Å². The van der Waals surface area contributed by atoms with Gasteiger partial charge in [0.05, 0.1) is 12.3 Å². The van der Waals surface area contributed by atoms with Crippen molar-refractivity contribution < 1.29 is 9.53 Å². The number of amides is 1. The first-order chi connectivity index (χ1) is 10.2. The molecule has 1 aromatic heterocycles. The molecule has 1 aromatic carbocycles. The van der Waals surface area contributed by atoms with E-state index in [0.717, 1.165) is 34.7 Å². The quantitative estimate of drug-likeness (QED) is 0.912. The van der Waals surface area contributed by atoms with Gasteiger partial charge in [-0.1, -0.05) is 0 Å². The fraction of sp³-hybridized carbons (Fsp3) is 0.375. The minimum absolute atomic E-state index is 0.0991. The molecule has 3 rings (SSSR count). The van der Waals surface area contributed by atoms with Crippen molar-refractivity contribution in [3.8, 4) is 17.0 Å². The average molecular weight is 302 g/mol. The third-order valence-electron chi connectivity index (χ3n) is 3.41. The van der Waals surface area contributed by atoms with Crippen LogP contribution < -0.4 is 10.1 Å². The summed E-state index contributed by atoms with van der Waals surface area (Å²) in [5.74, 6) is 1.15. The van der Waals surface area contributed by atoms with E-state index in [-0.39, 0.29) is 11.8 Å². The average Bonchev–Trinajstić information content (AvgIpc) is 3.25. The van der Waals surface area contributed by atoms with E-state index < -0.39 is 0 Å². The largest absolute Gasteiger partial charge is 0.494 e. The lowest BCUT2D eigenvalue weighted by Gasteiger charge is -2.04. The van der Waals surface area contributed by atoms with Crippen LogP contribution in [-0.4, -0.2) is 17.5 Å².